The third-order valence-corrected chi connectivity index (χ3v) is 4.06. The van der Waals surface area contributed by atoms with Gasteiger partial charge in [-0.15, -0.1) is 0 Å². The number of nitrogens with two attached hydrogens (primary N) is 1. The number of hydrogen-bond donors (Lipinski definition) is 3. The molecule has 0 bridgehead atoms. The fourth-order valence-corrected chi connectivity index (χ4v) is 2.81. The molecule has 2 rings (SSSR count). The summed E-state index contributed by atoms with van der Waals surface area (Å²) in [4.78, 5) is 27.1. The minimum atomic E-state index is -0.462. The van der Waals surface area contributed by atoms with Gasteiger partial charge in [0.15, 0.2) is 0 Å². The van der Waals surface area contributed by atoms with Crippen LogP contribution in [0.25, 0.3) is 0 Å². The van der Waals surface area contributed by atoms with Gasteiger partial charge in [-0.25, -0.2) is 0 Å². The van der Waals surface area contributed by atoms with Crippen LogP contribution in [0.4, 0.5) is 0 Å². The van der Waals surface area contributed by atoms with Crippen molar-refractivity contribution in [1.82, 2.24) is 10.3 Å². The normalized spacial score (nSPS) is 12.7. The Morgan fingerprint density at radius 1 is 1.12 bits per heavy atom. The Balaban J connectivity index is 2.31. The molecule has 0 radical (unpaired) electrons. The van der Waals surface area contributed by atoms with E-state index >= 15 is 0 Å². The Kier molecular flexibility index (Phi) is 4.83. The molecule has 0 saturated carbocycles. The van der Waals surface area contributed by atoms with Gasteiger partial charge in [-0.05, 0) is 43.0 Å². The third-order valence-electron chi connectivity index (χ3n) is 4.06. The summed E-state index contributed by atoms with van der Waals surface area (Å²) in [6, 6.07) is 8.71. The van der Waals surface area contributed by atoms with Crippen molar-refractivity contribution in [1.29, 1.82) is 0 Å². The first-order chi connectivity index (χ1) is 11.1. The number of aromatic nitrogens is 1. The summed E-state index contributed by atoms with van der Waals surface area (Å²) in [5.41, 5.74) is 8.94. The molecule has 0 spiro atoms. The van der Waals surface area contributed by atoms with E-state index in [0.717, 1.165) is 17.0 Å². The van der Waals surface area contributed by atoms with Crippen molar-refractivity contribution in [3.05, 3.63) is 58.4 Å². The molecule has 1 atom stereocenters. The van der Waals surface area contributed by atoms with Gasteiger partial charge in [-0.2, -0.15) is 0 Å². The summed E-state index contributed by atoms with van der Waals surface area (Å²) >= 11 is 0. The number of carbonyl (C=O) groups is 2. The van der Waals surface area contributed by atoms with E-state index in [1.165, 1.54) is 0 Å². The van der Waals surface area contributed by atoms with Crippen LogP contribution >= 0.6 is 0 Å². The summed E-state index contributed by atoms with van der Waals surface area (Å²) in [7, 11) is 0. The summed E-state index contributed by atoms with van der Waals surface area (Å²) < 4.78 is 0. The van der Waals surface area contributed by atoms with Crippen molar-refractivity contribution in [2.24, 2.45) is 11.1 Å². The molecule has 1 aromatic carbocycles. The minimum absolute atomic E-state index is 0.115. The number of hydrogen-bond acceptors (Lipinski definition) is 2. The van der Waals surface area contributed by atoms with Gasteiger partial charge in [0.05, 0.1) is 11.6 Å². The highest BCUT2D eigenvalue weighted by Crippen LogP contribution is 2.33. The van der Waals surface area contributed by atoms with Crippen LogP contribution in [-0.4, -0.2) is 16.8 Å². The molecule has 2 amide bonds. The molecule has 0 aliphatic heterocycles. The Labute approximate surface area is 142 Å². The standard InChI is InChI=1S/C19H25N3O2/c1-11-10-15(12(2)21-11)18(24)22-16(19(3,4)5)13-6-8-14(9-7-13)17(20)23/h6-10,16,21H,1-5H3,(H2,20,23)(H,22,24). The summed E-state index contributed by atoms with van der Waals surface area (Å²) in [5.74, 6) is -0.577. The number of benzene rings is 1. The topological polar surface area (TPSA) is 88.0 Å². The molecule has 2 aromatic rings. The Morgan fingerprint density at radius 2 is 1.71 bits per heavy atom. The molecule has 0 aliphatic carbocycles. The highest BCUT2D eigenvalue weighted by molar-refractivity contribution is 5.96. The second-order valence-corrected chi connectivity index (χ2v) is 7.25. The van der Waals surface area contributed by atoms with E-state index in [2.05, 4.69) is 31.1 Å². The number of H-pyrrole nitrogens is 1. The third kappa shape index (κ3) is 3.85. The van der Waals surface area contributed by atoms with Gasteiger partial charge in [0, 0.05) is 17.0 Å². The summed E-state index contributed by atoms with van der Waals surface area (Å²) in [6.45, 7) is 10.0. The van der Waals surface area contributed by atoms with Gasteiger partial charge < -0.3 is 16.0 Å². The molecule has 0 saturated heterocycles. The van der Waals surface area contributed by atoms with E-state index < -0.39 is 5.91 Å². The predicted molar refractivity (Wildman–Crippen MR) is 94.9 cm³/mol. The van der Waals surface area contributed by atoms with Crippen molar-refractivity contribution in [2.75, 3.05) is 0 Å². The van der Waals surface area contributed by atoms with Crippen LogP contribution in [-0.2, 0) is 0 Å². The van der Waals surface area contributed by atoms with E-state index in [0.29, 0.717) is 11.1 Å². The molecule has 128 valence electrons. The molecule has 0 fully saturated rings. The fraction of sp³-hybridized carbons (Fsp3) is 0.368. The lowest BCUT2D eigenvalue weighted by molar-refractivity contribution is 0.0900. The monoisotopic (exact) mass is 327 g/mol. The minimum Gasteiger partial charge on any atom is -0.366 e. The number of primary amides is 1. The van der Waals surface area contributed by atoms with Gasteiger partial charge in [0.2, 0.25) is 5.91 Å². The van der Waals surface area contributed by atoms with Gasteiger partial charge >= 0.3 is 0 Å². The van der Waals surface area contributed by atoms with Crippen molar-refractivity contribution >= 4 is 11.8 Å². The summed E-state index contributed by atoms with van der Waals surface area (Å²) in [6.07, 6.45) is 0. The first kappa shape index (κ1) is 17.8. The zero-order valence-corrected chi connectivity index (χ0v) is 14.9. The smallest absolute Gasteiger partial charge is 0.253 e. The number of nitrogens with one attached hydrogen (secondary N) is 2. The van der Waals surface area contributed by atoms with E-state index in [1.807, 2.05) is 32.0 Å². The highest BCUT2D eigenvalue weighted by atomic mass is 16.2. The number of rotatable bonds is 4. The maximum atomic E-state index is 12.7. The Morgan fingerprint density at radius 3 is 2.12 bits per heavy atom. The molecule has 0 aliphatic rings. The van der Waals surface area contributed by atoms with E-state index in [1.54, 1.807) is 12.1 Å². The molecule has 24 heavy (non-hydrogen) atoms. The Bertz CT molecular complexity index is 752. The van der Waals surface area contributed by atoms with Crippen LogP contribution < -0.4 is 11.1 Å². The van der Waals surface area contributed by atoms with Crippen molar-refractivity contribution in [3.63, 3.8) is 0 Å². The van der Waals surface area contributed by atoms with E-state index in [9.17, 15) is 9.59 Å². The highest BCUT2D eigenvalue weighted by Gasteiger charge is 2.29. The Hall–Kier alpha value is -2.56. The molecule has 5 nitrogen and oxygen atoms in total. The lowest BCUT2D eigenvalue weighted by Crippen LogP contribution is -2.36. The average molecular weight is 327 g/mol. The summed E-state index contributed by atoms with van der Waals surface area (Å²) in [5, 5.41) is 3.12. The second kappa shape index (κ2) is 6.51. The molecule has 1 heterocycles. The molecule has 1 unspecified atom stereocenters. The van der Waals surface area contributed by atoms with Gasteiger partial charge in [0.25, 0.3) is 5.91 Å². The first-order valence-corrected chi connectivity index (χ1v) is 7.96. The lowest BCUT2D eigenvalue weighted by Gasteiger charge is -2.32. The lowest BCUT2D eigenvalue weighted by atomic mass is 9.82. The maximum Gasteiger partial charge on any atom is 0.253 e. The van der Waals surface area contributed by atoms with Crippen molar-refractivity contribution in [2.45, 2.75) is 40.7 Å². The first-order valence-electron chi connectivity index (χ1n) is 7.96. The van der Waals surface area contributed by atoms with Crippen LogP contribution in [0.15, 0.2) is 30.3 Å². The second-order valence-electron chi connectivity index (χ2n) is 7.25. The van der Waals surface area contributed by atoms with Gasteiger partial charge in [-0.1, -0.05) is 32.9 Å². The molecule has 5 heteroatoms. The predicted octanol–water partition coefficient (Wildman–Crippen LogP) is 3.25. The molecule has 1 aromatic heterocycles. The average Bonchev–Trinajstić information content (AvgIpc) is 2.82. The van der Waals surface area contributed by atoms with Crippen LogP contribution in [0, 0.1) is 19.3 Å². The zero-order chi connectivity index (χ0) is 18.1. The van der Waals surface area contributed by atoms with Crippen LogP contribution in [0.3, 0.4) is 0 Å². The van der Waals surface area contributed by atoms with Crippen molar-refractivity contribution in [3.8, 4) is 0 Å². The van der Waals surface area contributed by atoms with Gasteiger partial charge in [0.1, 0.15) is 0 Å². The van der Waals surface area contributed by atoms with Crippen LogP contribution in [0.1, 0.15) is 64.5 Å². The molecular formula is C19H25N3O2. The number of carbonyl (C=O) groups excluding carboxylic acids is 2. The molecule has 4 N–H and O–H groups in total. The van der Waals surface area contributed by atoms with Crippen molar-refractivity contribution < 1.29 is 9.59 Å². The molecular weight excluding hydrogens is 302 g/mol. The van der Waals surface area contributed by atoms with Gasteiger partial charge in [-0.3, -0.25) is 9.59 Å². The van der Waals surface area contributed by atoms with Crippen LogP contribution in [0.5, 0.6) is 0 Å². The number of amides is 2. The van der Waals surface area contributed by atoms with Crippen LogP contribution in [0.2, 0.25) is 0 Å². The van der Waals surface area contributed by atoms with E-state index in [4.69, 9.17) is 5.73 Å². The SMILES string of the molecule is Cc1cc(C(=O)NC(c2ccc(C(N)=O)cc2)C(C)(C)C)c(C)[nH]1. The van der Waals surface area contributed by atoms with E-state index in [-0.39, 0.29) is 17.4 Å². The zero-order valence-electron chi connectivity index (χ0n) is 14.9. The quantitative estimate of drug-likeness (QED) is 0.805. The largest absolute Gasteiger partial charge is 0.366 e. The fourth-order valence-electron chi connectivity index (χ4n) is 2.81. The number of aromatic amines is 1. The maximum absolute atomic E-state index is 12.7. The number of aryl methyl sites for hydroxylation is 2.